The summed E-state index contributed by atoms with van der Waals surface area (Å²) >= 11 is 5.85. The van der Waals surface area contributed by atoms with Crippen LogP contribution >= 0.6 is 11.6 Å². The van der Waals surface area contributed by atoms with Crippen molar-refractivity contribution in [3.05, 3.63) is 59.1 Å². The summed E-state index contributed by atoms with van der Waals surface area (Å²) in [7, 11) is 0. The Morgan fingerprint density at radius 3 is 2.61 bits per heavy atom. The molecule has 118 valence electrons. The zero-order valence-corrected chi connectivity index (χ0v) is 12.4. The van der Waals surface area contributed by atoms with Crippen molar-refractivity contribution in [3.8, 4) is 0 Å². The smallest absolute Gasteiger partial charge is 0.365 e. The van der Waals surface area contributed by atoms with E-state index in [0.717, 1.165) is 6.20 Å². The Morgan fingerprint density at radius 2 is 1.83 bits per heavy atom. The third-order valence-electron chi connectivity index (χ3n) is 3.18. The van der Waals surface area contributed by atoms with Crippen molar-refractivity contribution in [2.45, 2.75) is 12.7 Å². The summed E-state index contributed by atoms with van der Waals surface area (Å²) in [5.74, 6) is 0.373. The van der Waals surface area contributed by atoms with E-state index in [1.807, 2.05) is 0 Å². The summed E-state index contributed by atoms with van der Waals surface area (Å²) in [6.07, 6.45) is -3.40. The molecular formula is C15H10ClF3N4. The molecule has 0 saturated carbocycles. The normalized spacial score (nSPS) is 11.7. The fraction of sp³-hybridized carbons (Fsp3) is 0.133. The Bertz CT molecular complexity index is 851. The average molecular weight is 339 g/mol. The number of benzene rings is 1. The third kappa shape index (κ3) is 3.34. The second-order valence-corrected chi connectivity index (χ2v) is 5.06. The Kier molecular flexibility index (Phi) is 4.04. The van der Waals surface area contributed by atoms with Gasteiger partial charge in [0.1, 0.15) is 11.5 Å². The van der Waals surface area contributed by atoms with Crippen molar-refractivity contribution in [3.63, 3.8) is 0 Å². The minimum atomic E-state index is -4.51. The van der Waals surface area contributed by atoms with Crippen molar-refractivity contribution in [1.29, 1.82) is 0 Å². The number of nitrogens with one attached hydrogen (secondary N) is 1. The minimum Gasteiger partial charge on any atom is -0.365 e. The number of fused-ring (bicyclic) bond motifs is 1. The van der Waals surface area contributed by atoms with Crippen LogP contribution in [0.25, 0.3) is 10.9 Å². The number of hydrogen-bond donors (Lipinski definition) is 1. The quantitative estimate of drug-likeness (QED) is 0.723. The zero-order chi connectivity index (χ0) is 16.4. The van der Waals surface area contributed by atoms with Gasteiger partial charge in [-0.05, 0) is 29.8 Å². The monoisotopic (exact) mass is 338 g/mol. The molecule has 4 nitrogen and oxygen atoms in total. The van der Waals surface area contributed by atoms with Gasteiger partial charge in [-0.2, -0.15) is 13.2 Å². The van der Waals surface area contributed by atoms with E-state index < -0.39 is 11.9 Å². The third-order valence-corrected chi connectivity index (χ3v) is 3.35. The molecule has 2 heterocycles. The number of anilines is 1. The molecule has 0 amide bonds. The number of nitrogens with zero attached hydrogens (tertiary/aromatic N) is 3. The van der Waals surface area contributed by atoms with Gasteiger partial charge in [-0.1, -0.05) is 18.2 Å². The number of para-hydroxylation sites is 1. The predicted molar refractivity (Wildman–Crippen MR) is 81.1 cm³/mol. The molecule has 0 aliphatic carbocycles. The average Bonchev–Trinajstić information content (AvgIpc) is 2.52. The molecule has 23 heavy (non-hydrogen) atoms. The Hall–Kier alpha value is -2.41. The SMILES string of the molecule is FC(F)(F)c1ncccc1CNc1nc(Cl)nc2ccccc12. The molecular weight excluding hydrogens is 329 g/mol. The zero-order valence-electron chi connectivity index (χ0n) is 11.6. The first-order valence-electron chi connectivity index (χ1n) is 6.62. The van der Waals surface area contributed by atoms with Crippen LogP contribution in [0.2, 0.25) is 5.28 Å². The summed E-state index contributed by atoms with van der Waals surface area (Å²) in [5.41, 5.74) is -0.284. The van der Waals surface area contributed by atoms with E-state index in [-0.39, 0.29) is 17.4 Å². The molecule has 0 bridgehead atoms. The lowest BCUT2D eigenvalue weighted by Crippen LogP contribution is -2.14. The second-order valence-electron chi connectivity index (χ2n) is 4.72. The van der Waals surface area contributed by atoms with Crippen LogP contribution in [0, 0.1) is 0 Å². The van der Waals surface area contributed by atoms with Crippen molar-refractivity contribution < 1.29 is 13.2 Å². The maximum Gasteiger partial charge on any atom is 0.433 e. The van der Waals surface area contributed by atoms with Crippen LogP contribution < -0.4 is 5.32 Å². The molecule has 0 aliphatic heterocycles. The lowest BCUT2D eigenvalue weighted by molar-refractivity contribution is -0.141. The van der Waals surface area contributed by atoms with Gasteiger partial charge in [-0.15, -0.1) is 0 Å². The van der Waals surface area contributed by atoms with Crippen LogP contribution in [0.5, 0.6) is 0 Å². The van der Waals surface area contributed by atoms with E-state index in [9.17, 15) is 13.2 Å². The van der Waals surface area contributed by atoms with Crippen LogP contribution in [-0.2, 0) is 12.7 Å². The van der Waals surface area contributed by atoms with E-state index in [2.05, 4.69) is 20.3 Å². The van der Waals surface area contributed by atoms with Gasteiger partial charge in [-0.3, -0.25) is 4.98 Å². The molecule has 0 aliphatic rings. The lowest BCUT2D eigenvalue weighted by atomic mass is 10.1. The highest BCUT2D eigenvalue weighted by Gasteiger charge is 2.34. The molecule has 0 radical (unpaired) electrons. The molecule has 0 saturated heterocycles. The fourth-order valence-electron chi connectivity index (χ4n) is 2.20. The molecule has 0 atom stereocenters. The van der Waals surface area contributed by atoms with Gasteiger partial charge in [-0.25, -0.2) is 9.97 Å². The van der Waals surface area contributed by atoms with Crippen molar-refractivity contribution in [1.82, 2.24) is 15.0 Å². The fourth-order valence-corrected chi connectivity index (χ4v) is 2.37. The molecule has 1 N–H and O–H groups in total. The molecule has 1 aromatic carbocycles. The van der Waals surface area contributed by atoms with Gasteiger partial charge in [0.2, 0.25) is 5.28 Å². The number of alkyl halides is 3. The number of aromatic nitrogens is 3. The van der Waals surface area contributed by atoms with Gasteiger partial charge < -0.3 is 5.32 Å². The first-order valence-corrected chi connectivity index (χ1v) is 7.00. The second kappa shape index (κ2) is 6.00. The van der Waals surface area contributed by atoms with Crippen LogP contribution in [0.4, 0.5) is 19.0 Å². The minimum absolute atomic E-state index is 0.0217. The summed E-state index contributed by atoms with van der Waals surface area (Å²) in [5, 5.41) is 3.58. The van der Waals surface area contributed by atoms with E-state index in [1.54, 1.807) is 24.3 Å². The molecule has 0 fully saturated rings. The summed E-state index contributed by atoms with van der Waals surface area (Å²) in [6, 6.07) is 9.92. The van der Waals surface area contributed by atoms with E-state index >= 15 is 0 Å². The van der Waals surface area contributed by atoms with Crippen LogP contribution in [0.15, 0.2) is 42.6 Å². The lowest BCUT2D eigenvalue weighted by Gasteiger charge is -2.13. The van der Waals surface area contributed by atoms with Crippen LogP contribution in [-0.4, -0.2) is 15.0 Å². The summed E-state index contributed by atoms with van der Waals surface area (Å²) < 4.78 is 38.9. The van der Waals surface area contributed by atoms with Crippen molar-refractivity contribution in [2.24, 2.45) is 0 Å². The number of pyridine rings is 1. The highest BCUT2D eigenvalue weighted by atomic mass is 35.5. The summed E-state index contributed by atoms with van der Waals surface area (Å²) in [6.45, 7) is -0.0833. The molecule has 3 aromatic rings. The highest BCUT2D eigenvalue weighted by molar-refractivity contribution is 6.28. The molecule has 3 rings (SSSR count). The van der Waals surface area contributed by atoms with E-state index in [0.29, 0.717) is 16.7 Å². The van der Waals surface area contributed by atoms with Gasteiger partial charge in [0.15, 0.2) is 0 Å². The number of halogens is 4. The highest BCUT2D eigenvalue weighted by Crippen LogP contribution is 2.30. The van der Waals surface area contributed by atoms with Crippen LogP contribution in [0.1, 0.15) is 11.3 Å². The van der Waals surface area contributed by atoms with E-state index in [1.165, 1.54) is 12.1 Å². The molecule has 2 aromatic heterocycles. The Morgan fingerprint density at radius 1 is 1.04 bits per heavy atom. The first kappa shape index (κ1) is 15.5. The first-order chi connectivity index (χ1) is 10.9. The topological polar surface area (TPSA) is 50.7 Å². The molecule has 0 unspecified atom stereocenters. The van der Waals surface area contributed by atoms with Crippen molar-refractivity contribution in [2.75, 3.05) is 5.32 Å². The maximum atomic E-state index is 13.0. The van der Waals surface area contributed by atoms with Gasteiger partial charge >= 0.3 is 6.18 Å². The maximum absolute atomic E-state index is 13.0. The predicted octanol–water partition coefficient (Wildman–Crippen LogP) is 4.31. The van der Waals surface area contributed by atoms with Gasteiger partial charge in [0, 0.05) is 23.7 Å². The van der Waals surface area contributed by atoms with Gasteiger partial charge in [0.25, 0.3) is 0 Å². The molecule has 0 spiro atoms. The molecule has 8 heteroatoms. The summed E-state index contributed by atoms with van der Waals surface area (Å²) in [4.78, 5) is 11.5. The number of hydrogen-bond acceptors (Lipinski definition) is 4. The largest absolute Gasteiger partial charge is 0.433 e. The van der Waals surface area contributed by atoms with E-state index in [4.69, 9.17) is 11.6 Å². The standard InChI is InChI=1S/C15H10ClF3N4/c16-14-22-11-6-2-1-5-10(11)13(23-14)21-8-9-4-3-7-20-12(9)15(17,18)19/h1-7H,8H2,(H,21,22,23). The van der Waals surface area contributed by atoms with Crippen LogP contribution in [0.3, 0.4) is 0 Å². The number of rotatable bonds is 3. The van der Waals surface area contributed by atoms with Gasteiger partial charge in [0.05, 0.1) is 5.52 Å². The Labute approximate surface area is 134 Å². The Balaban J connectivity index is 1.93. The van der Waals surface area contributed by atoms with Crippen molar-refractivity contribution >= 4 is 28.3 Å².